The predicted octanol–water partition coefficient (Wildman–Crippen LogP) is 3.29. The zero-order valence-electron chi connectivity index (χ0n) is 14.2. The number of pyridine rings is 1. The van der Waals surface area contributed by atoms with Gasteiger partial charge < -0.3 is 14.8 Å². The van der Waals surface area contributed by atoms with Crippen LogP contribution in [0, 0.1) is 12.8 Å². The summed E-state index contributed by atoms with van der Waals surface area (Å²) in [7, 11) is 3.10. The second kappa shape index (κ2) is 6.91. The van der Waals surface area contributed by atoms with Crippen LogP contribution in [0.5, 0.6) is 11.5 Å². The molecule has 5 nitrogen and oxygen atoms in total. The molecule has 126 valence electrons. The molecular weight excluding hydrogens is 304 g/mol. The first-order valence-electron chi connectivity index (χ1n) is 8.08. The number of aromatic nitrogens is 1. The van der Waals surface area contributed by atoms with E-state index in [1.165, 1.54) is 0 Å². The molecule has 0 bridgehead atoms. The molecule has 5 heteroatoms. The van der Waals surface area contributed by atoms with Crippen LogP contribution in [-0.2, 0) is 0 Å². The molecule has 24 heavy (non-hydrogen) atoms. The SMILES string of the molecule is COc1cccc(OC)c1C(=O)N[C@@H](c1cc(C)ccn1)C1CC1. The Labute approximate surface area is 142 Å². The molecule has 0 unspecified atom stereocenters. The van der Waals surface area contributed by atoms with Crippen LogP contribution in [0.25, 0.3) is 0 Å². The zero-order valence-corrected chi connectivity index (χ0v) is 14.2. The molecule has 1 aliphatic rings. The standard InChI is InChI=1S/C19H22N2O3/c1-12-9-10-20-14(11-12)18(13-7-8-13)21-19(22)17-15(23-2)5-4-6-16(17)24-3/h4-6,9-11,13,18H,7-8H2,1-3H3,(H,21,22)/t18-/m1/s1. The average molecular weight is 326 g/mol. The molecule has 3 rings (SSSR count). The summed E-state index contributed by atoms with van der Waals surface area (Å²) >= 11 is 0. The van der Waals surface area contributed by atoms with Crippen molar-refractivity contribution in [2.75, 3.05) is 14.2 Å². The van der Waals surface area contributed by atoms with Gasteiger partial charge in [-0.3, -0.25) is 9.78 Å². The van der Waals surface area contributed by atoms with Crippen molar-refractivity contribution < 1.29 is 14.3 Å². The molecule has 0 radical (unpaired) electrons. The fourth-order valence-electron chi connectivity index (χ4n) is 2.88. The van der Waals surface area contributed by atoms with E-state index in [0.717, 1.165) is 24.1 Å². The number of methoxy groups -OCH3 is 2. The second-order valence-electron chi connectivity index (χ2n) is 6.08. The number of nitrogens with one attached hydrogen (secondary N) is 1. The Morgan fingerprint density at radius 1 is 1.21 bits per heavy atom. The van der Waals surface area contributed by atoms with E-state index in [1.54, 1.807) is 38.6 Å². The highest BCUT2D eigenvalue weighted by Gasteiger charge is 2.35. The topological polar surface area (TPSA) is 60.5 Å². The normalized spacial score (nSPS) is 14.8. The Morgan fingerprint density at radius 3 is 2.42 bits per heavy atom. The summed E-state index contributed by atoms with van der Waals surface area (Å²) in [5.41, 5.74) is 2.45. The van der Waals surface area contributed by atoms with Gasteiger partial charge in [0.05, 0.1) is 26.0 Å². The summed E-state index contributed by atoms with van der Waals surface area (Å²) in [6, 6.07) is 9.21. The Kier molecular flexibility index (Phi) is 4.69. The van der Waals surface area contributed by atoms with Crippen molar-refractivity contribution in [3.8, 4) is 11.5 Å². The molecule has 1 aromatic heterocycles. The number of hydrogen-bond acceptors (Lipinski definition) is 4. The summed E-state index contributed by atoms with van der Waals surface area (Å²) in [4.78, 5) is 17.4. The smallest absolute Gasteiger partial charge is 0.259 e. The van der Waals surface area contributed by atoms with Crippen molar-refractivity contribution in [1.29, 1.82) is 0 Å². The molecule has 1 aliphatic carbocycles. The maximum absolute atomic E-state index is 12.9. The molecule has 1 fully saturated rings. The number of amides is 1. The third-order valence-electron chi connectivity index (χ3n) is 4.29. The van der Waals surface area contributed by atoms with Gasteiger partial charge in [-0.25, -0.2) is 0 Å². The fourth-order valence-corrected chi connectivity index (χ4v) is 2.88. The molecule has 1 heterocycles. The van der Waals surface area contributed by atoms with E-state index in [1.807, 2.05) is 19.1 Å². The van der Waals surface area contributed by atoms with Gasteiger partial charge in [-0.05, 0) is 55.5 Å². The van der Waals surface area contributed by atoms with E-state index in [4.69, 9.17) is 9.47 Å². The van der Waals surface area contributed by atoms with Gasteiger partial charge in [0.1, 0.15) is 17.1 Å². The first kappa shape index (κ1) is 16.3. The van der Waals surface area contributed by atoms with Gasteiger partial charge in [0, 0.05) is 6.20 Å². The average Bonchev–Trinajstić information content (AvgIpc) is 3.43. The largest absolute Gasteiger partial charge is 0.496 e. The lowest BCUT2D eigenvalue weighted by Crippen LogP contribution is -2.31. The highest BCUT2D eigenvalue weighted by atomic mass is 16.5. The first-order chi connectivity index (χ1) is 11.6. The maximum atomic E-state index is 12.9. The van der Waals surface area contributed by atoms with Gasteiger partial charge in [-0.15, -0.1) is 0 Å². The summed E-state index contributed by atoms with van der Waals surface area (Å²) in [6.45, 7) is 2.03. The van der Waals surface area contributed by atoms with E-state index >= 15 is 0 Å². The minimum Gasteiger partial charge on any atom is -0.496 e. The first-order valence-corrected chi connectivity index (χ1v) is 8.08. The summed E-state index contributed by atoms with van der Waals surface area (Å²) in [5.74, 6) is 1.23. The summed E-state index contributed by atoms with van der Waals surface area (Å²) in [6.07, 6.45) is 3.99. The van der Waals surface area contributed by atoms with E-state index < -0.39 is 0 Å². The fraction of sp³-hybridized carbons (Fsp3) is 0.368. The van der Waals surface area contributed by atoms with E-state index in [9.17, 15) is 4.79 Å². The number of benzene rings is 1. The van der Waals surface area contributed by atoms with Crippen LogP contribution in [0.3, 0.4) is 0 Å². The van der Waals surface area contributed by atoms with E-state index in [2.05, 4.69) is 10.3 Å². The van der Waals surface area contributed by atoms with Crippen LogP contribution in [0.1, 0.15) is 40.5 Å². The highest BCUT2D eigenvalue weighted by Crippen LogP contribution is 2.41. The number of carbonyl (C=O) groups is 1. The highest BCUT2D eigenvalue weighted by molar-refractivity contribution is 6.00. The monoisotopic (exact) mass is 326 g/mol. The van der Waals surface area contributed by atoms with Crippen molar-refractivity contribution >= 4 is 5.91 Å². The molecular formula is C19H22N2O3. The van der Waals surface area contributed by atoms with Gasteiger partial charge in [-0.1, -0.05) is 6.07 Å². The van der Waals surface area contributed by atoms with Crippen LogP contribution >= 0.6 is 0 Å². The molecule has 1 amide bonds. The number of rotatable bonds is 6. The van der Waals surface area contributed by atoms with Crippen LogP contribution in [0.4, 0.5) is 0 Å². The van der Waals surface area contributed by atoms with Crippen molar-refractivity contribution in [2.24, 2.45) is 5.92 Å². The van der Waals surface area contributed by atoms with Gasteiger partial charge in [-0.2, -0.15) is 0 Å². The van der Waals surface area contributed by atoms with Crippen molar-refractivity contribution in [3.05, 3.63) is 53.3 Å². The molecule has 1 saturated carbocycles. The number of nitrogens with zero attached hydrogens (tertiary/aromatic N) is 1. The van der Waals surface area contributed by atoms with Crippen LogP contribution in [0.15, 0.2) is 36.5 Å². The van der Waals surface area contributed by atoms with Crippen LogP contribution < -0.4 is 14.8 Å². The second-order valence-corrected chi connectivity index (χ2v) is 6.08. The van der Waals surface area contributed by atoms with Crippen molar-refractivity contribution in [1.82, 2.24) is 10.3 Å². The molecule has 1 aromatic carbocycles. The number of carbonyl (C=O) groups excluding carboxylic acids is 1. The quantitative estimate of drug-likeness (QED) is 0.885. The van der Waals surface area contributed by atoms with Gasteiger partial charge in [0.25, 0.3) is 5.91 Å². The third kappa shape index (κ3) is 3.35. The summed E-state index contributed by atoms with van der Waals surface area (Å²) < 4.78 is 10.7. The lowest BCUT2D eigenvalue weighted by molar-refractivity contribution is 0.0924. The van der Waals surface area contributed by atoms with Crippen molar-refractivity contribution in [3.63, 3.8) is 0 Å². The van der Waals surface area contributed by atoms with Gasteiger partial charge in [0.15, 0.2) is 0 Å². The minimum atomic E-state index is -0.204. The summed E-state index contributed by atoms with van der Waals surface area (Å²) in [5, 5.41) is 3.13. The molecule has 0 spiro atoms. The molecule has 1 atom stereocenters. The van der Waals surface area contributed by atoms with E-state index in [0.29, 0.717) is 23.0 Å². The van der Waals surface area contributed by atoms with Crippen LogP contribution in [-0.4, -0.2) is 25.1 Å². The Bertz CT molecular complexity index is 719. The Balaban J connectivity index is 1.90. The maximum Gasteiger partial charge on any atom is 0.259 e. The lowest BCUT2D eigenvalue weighted by Gasteiger charge is -2.20. The van der Waals surface area contributed by atoms with Gasteiger partial charge in [0.2, 0.25) is 0 Å². The molecule has 0 aliphatic heterocycles. The Morgan fingerprint density at radius 2 is 1.88 bits per heavy atom. The number of hydrogen-bond donors (Lipinski definition) is 1. The lowest BCUT2D eigenvalue weighted by atomic mass is 10.0. The van der Waals surface area contributed by atoms with E-state index in [-0.39, 0.29) is 11.9 Å². The third-order valence-corrected chi connectivity index (χ3v) is 4.29. The molecule has 1 N–H and O–H groups in total. The molecule has 2 aromatic rings. The minimum absolute atomic E-state index is 0.0907. The molecule has 0 saturated heterocycles. The van der Waals surface area contributed by atoms with Crippen molar-refractivity contribution in [2.45, 2.75) is 25.8 Å². The zero-order chi connectivity index (χ0) is 17.1. The van der Waals surface area contributed by atoms with Gasteiger partial charge >= 0.3 is 0 Å². The van der Waals surface area contributed by atoms with Crippen LogP contribution in [0.2, 0.25) is 0 Å². The predicted molar refractivity (Wildman–Crippen MR) is 91.5 cm³/mol. The Hall–Kier alpha value is -2.56. The number of aryl methyl sites for hydroxylation is 1. The number of ether oxygens (including phenoxy) is 2.